The summed E-state index contributed by atoms with van der Waals surface area (Å²) in [5.41, 5.74) is 12.5. The fourth-order valence-corrected chi connectivity index (χ4v) is 4.02. The zero-order chi connectivity index (χ0) is 17.7. The minimum atomic E-state index is 0.215. The molecule has 0 amide bonds. The first-order valence-electron chi connectivity index (χ1n) is 9.00. The molecule has 2 heterocycles. The standard InChI is InChI=1S/C22H19N3O/c23-14-10-8-13(9-11-14)12-18-22-20(15-4-1-2-5-16(15)25-22)21-17(24-18)6-3-7-19(21)26/h1-2,4-5,8-11,25H,3,6-7,12,23H2. The highest BCUT2D eigenvalue weighted by Gasteiger charge is 2.25. The Hall–Kier alpha value is -3.14. The first-order chi connectivity index (χ1) is 12.7. The molecule has 4 nitrogen and oxygen atoms in total. The van der Waals surface area contributed by atoms with Crippen molar-refractivity contribution >= 4 is 33.3 Å². The van der Waals surface area contributed by atoms with Crippen LogP contribution in [0.1, 0.15) is 40.2 Å². The number of H-pyrrole nitrogens is 1. The van der Waals surface area contributed by atoms with Crippen LogP contribution < -0.4 is 5.73 Å². The number of nitrogens with two attached hydrogens (primary N) is 1. The zero-order valence-electron chi connectivity index (χ0n) is 14.4. The van der Waals surface area contributed by atoms with Crippen LogP contribution in [0.4, 0.5) is 5.69 Å². The van der Waals surface area contributed by atoms with Crippen LogP contribution in [0.2, 0.25) is 0 Å². The predicted octanol–water partition coefficient (Wildman–Crippen LogP) is 4.41. The average molecular weight is 341 g/mol. The van der Waals surface area contributed by atoms with E-state index < -0.39 is 0 Å². The predicted molar refractivity (Wildman–Crippen MR) is 105 cm³/mol. The minimum Gasteiger partial charge on any atom is -0.399 e. The average Bonchev–Trinajstić information content (AvgIpc) is 3.04. The van der Waals surface area contributed by atoms with E-state index in [4.69, 9.17) is 10.7 Å². The van der Waals surface area contributed by atoms with Gasteiger partial charge in [-0.15, -0.1) is 0 Å². The van der Waals surface area contributed by atoms with E-state index in [1.807, 2.05) is 36.4 Å². The number of nitrogen functional groups attached to an aromatic ring is 1. The zero-order valence-corrected chi connectivity index (χ0v) is 14.4. The number of hydrogen-bond donors (Lipinski definition) is 2. The van der Waals surface area contributed by atoms with E-state index in [1.54, 1.807) is 0 Å². The van der Waals surface area contributed by atoms with Crippen LogP contribution in [0.25, 0.3) is 21.8 Å². The third-order valence-corrected chi connectivity index (χ3v) is 5.25. The van der Waals surface area contributed by atoms with Crippen LogP contribution in [0, 0.1) is 0 Å². The van der Waals surface area contributed by atoms with Gasteiger partial charge in [-0.2, -0.15) is 0 Å². The van der Waals surface area contributed by atoms with Crippen LogP contribution in [-0.4, -0.2) is 15.8 Å². The van der Waals surface area contributed by atoms with E-state index in [9.17, 15) is 4.79 Å². The Labute approximate surface area is 151 Å². The van der Waals surface area contributed by atoms with Crippen molar-refractivity contribution in [2.45, 2.75) is 25.7 Å². The Morgan fingerprint density at radius 3 is 2.69 bits per heavy atom. The van der Waals surface area contributed by atoms with Crippen LogP contribution in [0.5, 0.6) is 0 Å². The largest absolute Gasteiger partial charge is 0.399 e. The van der Waals surface area contributed by atoms with Gasteiger partial charge in [0.15, 0.2) is 5.78 Å². The lowest BCUT2D eigenvalue weighted by Gasteiger charge is -2.17. The number of aromatic nitrogens is 2. The van der Waals surface area contributed by atoms with Crippen molar-refractivity contribution in [2.75, 3.05) is 5.73 Å². The number of carbonyl (C=O) groups excluding carboxylic acids is 1. The van der Waals surface area contributed by atoms with Crippen LogP contribution >= 0.6 is 0 Å². The van der Waals surface area contributed by atoms with Crippen molar-refractivity contribution in [3.63, 3.8) is 0 Å². The number of hydrogen-bond acceptors (Lipinski definition) is 3. The number of carbonyl (C=O) groups is 1. The van der Waals surface area contributed by atoms with Gasteiger partial charge < -0.3 is 10.7 Å². The van der Waals surface area contributed by atoms with Crippen molar-refractivity contribution in [3.05, 3.63) is 71.0 Å². The first-order valence-corrected chi connectivity index (χ1v) is 9.00. The van der Waals surface area contributed by atoms with Gasteiger partial charge in [0.05, 0.1) is 16.9 Å². The molecule has 0 saturated heterocycles. The summed E-state index contributed by atoms with van der Waals surface area (Å²) in [6.07, 6.45) is 3.07. The van der Waals surface area contributed by atoms with E-state index in [0.717, 1.165) is 62.8 Å². The quantitative estimate of drug-likeness (QED) is 0.531. The monoisotopic (exact) mass is 341 g/mol. The van der Waals surface area contributed by atoms with Gasteiger partial charge in [0, 0.05) is 40.4 Å². The summed E-state index contributed by atoms with van der Waals surface area (Å²) < 4.78 is 0. The lowest BCUT2D eigenvalue weighted by Crippen LogP contribution is -2.14. The second-order valence-corrected chi connectivity index (χ2v) is 7.00. The van der Waals surface area contributed by atoms with Crippen molar-refractivity contribution in [3.8, 4) is 0 Å². The lowest BCUT2D eigenvalue weighted by molar-refractivity contribution is 0.0973. The Bertz CT molecular complexity index is 1160. The molecule has 128 valence electrons. The molecule has 2 aromatic heterocycles. The molecule has 0 aliphatic heterocycles. The molecule has 3 N–H and O–H groups in total. The molecule has 4 aromatic rings. The Morgan fingerprint density at radius 1 is 1.04 bits per heavy atom. The molecule has 0 fully saturated rings. The van der Waals surface area contributed by atoms with E-state index in [1.165, 1.54) is 0 Å². The number of aryl methyl sites for hydroxylation is 1. The lowest BCUT2D eigenvalue weighted by atomic mass is 9.90. The number of anilines is 1. The van der Waals surface area contributed by atoms with Crippen molar-refractivity contribution in [1.29, 1.82) is 0 Å². The van der Waals surface area contributed by atoms with Crippen LogP contribution in [0.15, 0.2) is 48.5 Å². The summed E-state index contributed by atoms with van der Waals surface area (Å²) in [5.74, 6) is 0.215. The highest BCUT2D eigenvalue weighted by Crippen LogP contribution is 2.35. The Kier molecular flexibility index (Phi) is 3.32. The van der Waals surface area contributed by atoms with Gasteiger partial charge in [0.2, 0.25) is 0 Å². The van der Waals surface area contributed by atoms with Crippen LogP contribution in [0.3, 0.4) is 0 Å². The Morgan fingerprint density at radius 2 is 1.85 bits per heavy atom. The molecule has 1 aliphatic carbocycles. The molecular weight excluding hydrogens is 322 g/mol. The number of para-hydroxylation sites is 1. The highest BCUT2D eigenvalue weighted by atomic mass is 16.1. The molecule has 0 spiro atoms. The van der Waals surface area contributed by atoms with Crippen molar-refractivity contribution in [2.24, 2.45) is 0 Å². The molecule has 0 bridgehead atoms. The summed E-state index contributed by atoms with van der Waals surface area (Å²) in [6.45, 7) is 0. The molecule has 0 saturated carbocycles. The van der Waals surface area contributed by atoms with Gasteiger partial charge in [-0.05, 0) is 36.6 Å². The number of fused-ring (bicyclic) bond motifs is 5. The normalized spacial score (nSPS) is 14.1. The van der Waals surface area contributed by atoms with Crippen molar-refractivity contribution in [1.82, 2.24) is 9.97 Å². The number of Topliss-reactive ketones (excluding diaryl/α,β-unsaturated/α-hetero) is 1. The number of benzene rings is 2. The molecule has 0 unspecified atom stereocenters. The van der Waals surface area contributed by atoms with Gasteiger partial charge in [0.25, 0.3) is 0 Å². The van der Waals surface area contributed by atoms with Crippen LogP contribution in [-0.2, 0) is 12.8 Å². The van der Waals surface area contributed by atoms with E-state index in [0.29, 0.717) is 12.8 Å². The number of aromatic amines is 1. The second-order valence-electron chi connectivity index (χ2n) is 7.00. The molecule has 26 heavy (non-hydrogen) atoms. The summed E-state index contributed by atoms with van der Waals surface area (Å²) in [5, 5.41) is 2.15. The molecule has 1 aliphatic rings. The van der Waals surface area contributed by atoms with Gasteiger partial charge in [-0.3, -0.25) is 9.78 Å². The second kappa shape index (κ2) is 5.70. The summed E-state index contributed by atoms with van der Waals surface area (Å²) >= 11 is 0. The third kappa shape index (κ3) is 2.30. The highest BCUT2D eigenvalue weighted by molar-refractivity contribution is 6.19. The molecule has 2 aromatic carbocycles. The number of ketones is 1. The van der Waals surface area contributed by atoms with Gasteiger partial charge in [-0.25, -0.2) is 0 Å². The first kappa shape index (κ1) is 15.1. The maximum Gasteiger partial charge on any atom is 0.165 e. The number of nitrogens with zero attached hydrogens (tertiary/aromatic N) is 1. The molecule has 0 radical (unpaired) electrons. The minimum absolute atomic E-state index is 0.215. The fourth-order valence-electron chi connectivity index (χ4n) is 4.02. The molecule has 0 atom stereocenters. The number of pyridine rings is 1. The summed E-state index contributed by atoms with van der Waals surface area (Å²) in [7, 11) is 0. The number of rotatable bonds is 2. The topological polar surface area (TPSA) is 71.8 Å². The molecule has 5 rings (SSSR count). The fraction of sp³-hybridized carbons (Fsp3) is 0.182. The maximum atomic E-state index is 12.7. The van der Waals surface area contributed by atoms with E-state index in [-0.39, 0.29) is 5.78 Å². The maximum absolute atomic E-state index is 12.7. The van der Waals surface area contributed by atoms with Crippen molar-refractivity contribution < 1.29 is 4.79 Å². The smallest absolute Gasteiger partial charge is 0.165 e. The van der Waals surface area contributed by atoms with E-state index >= 15 is 0 Å². The summed E-state index contributed by atoms with van der Waals surface area (Å²) in [4.78, 5) is 21.1. The Balaban J connectivity index is 1.79. The third-order valence-electron chi connectivity index (χ3n) is 5.25. The van der Waals surface area contributed by atoms with Gasteiger partial charge >= 0.3 is 0 Å². The molecular formula is C22H19N3O. The van der Waals surface area contributed by atoms with Gasteiger partial charge in [-0.1, -0.05) is 30.3 Å². The molecule has 4 heteroatoms. The van der Waals surface area contributed by atoms with Gasteiger partial charge in [0.1, 0.15) is 0 Å². The van der Waals surface area contributed by atoms with E-state index in [2.05, 4.69) is 17.1 Å². The summed E-state index contributed by atoms with van der Waals surface area (Å²) in [6, 6.07) is 16.1. The SMILES string of the molecule is Nc1ccc(Cc2nc3c(c4c2[nH]c2ccccc24)C(=O)CCC3)cc1. The number of nitrogens with one attached hydrogen (secondary N) is 1.